The zero-order valence-electron chi connectivity index (χ0n) is 20.2. The quantitative estimate of drug-likeness (QED) is 0.371. The van der Waals surface area contributed by atoms with Gasteiger partial charge in [-0.05, 0) is 61.9 Å². The standard InChI is InChI=1S/C25H32N4O5.ClH/c1-14-10-18(13-29(3)24(14)31)21(17-6-8-34-9-7-17)23-27-19-5-4-16(11-20(19)28-23)12-26-22(15(2)30)25(32)33;/h4-5,10-11,13,15,17,21-22,26,30H,6-9,12H2,1-3H3,(H,27,28)(H,32,33);1H/t15-,21?,22+;/m1./s1. The Bertz CT molecular complexity index is 1210. The predicted octanol–water partition coefficient (Wildman–Crippen LogP) is 2.47. The number of carboxylic acids is 1. The van der Waals surface area contributed by atoms with E-state index in [1.807, 2.05) is 37.4 Å². The molecule has 1 aliphatic rings. The molecule has 1 saturated heterocycles. The van der Waals surface area contributed by atoms with Gasteiger partial charge in [-0.15, -0.1) is 12.4 Å². The van der Waals surface area contributed by atoms with Gasteiger partial charge in [0.15, 0.2) is 0 Å². The maximum Gasteiger partial charge on any atom is 0.323 e. The molecule has 0 radical (unpaired) electrons. The highest BCUT2D eigenvalue weighted by molar-refractivity contribution is 5.85. The van der Waals surface area contributed by atoms with Crippen molar-refractivity contribution >= 4 is 29.4 Å². The fourth-order valence-corrected chi connectivity index (χ4v) is 4.81. The van der Waals surface area contributed by atoms with Crippen LogP contribution in [0.2, 0.25) is 0 Å². The van der Waals surface area contributed by atoms with Crippen molar-refractivity contribution in [1.82, 2.24) is 19.9 Å². The third-order valence-electron chi connectivity index (χ3n) is 6.61. The SMILES string of the molecule is Cc1cc(C(c2nc3ccc(CN[C@H](C(=O)O)[C@@H](C)O)cc3[nH]2)C2CCOCC2)cn(C)c1=O.Cl. The second kappa shape index (κ2) is 11.3. The van der Waals surface area contributed by atoms with Gasteiger partial charge in [0.2, 0.25) is 0 Å². The van der Waals surface area contributed by atoms with Crippen LogP contribution in [-0.2, 0) is 23.1 Å². The van der Waals surface area contributed by atoms with Gasteiger partial charge in [0.25, 0.3) is 5.56 Å². The highest BCUT2D eigenvalue weighted by atomic mass is 35.5. The van der Waals surface area contributed by atoms with E-state index >= 15 is 0 Å². The van der Waals surface area contributed by atoms with E-state index in [1.165, 1.54) is 6.92 Å². The van der Waals surface area contributed by atoms with Crippen molar-refractivity contribution in [3.63, 3.8) is 0 Å². The molecule has 4 N–H and O–H groups in total. The molecule has 1 aliphatic heterocycles. The van der Waals surface area contributed by atoms with Crippen molar-refractivity contribution in [1.29, 1.82) is 0 Å². The van der Waals surface area contributed by atoms with E-state index in [0.29, 0.717) is 31.2 Å². The highest BCUT2D eigenvalue weighted by Gasteiger charge is 2.30. The summed E-state index contributed by atoms with van der Waals surface area (Å²) in [6, 6.07) is 6.69. The van der Waals surface area contributed by atoms with Crippen molar-refractivity contribution in [2.75, 3.05) is 13.2 Å². The Kier molecular flexibility index (Phi) is 8.71. The Morgan fingerprint density at radius 1 is 1.31 bits per heavy atom. The van der Waals surface area contributed by atoms with Crippen LogP contribution in [0.25, 0.3) is 11.0 Å². The number of nitrogens with one attached hydrogen (secondary N) is 2. The summed E-state index contributed by atoms with van der Waals surface area (Å²) >= 11 is 0. The molecule has 3 heterocycles. The van der Waals surface area contributed by atoms with Crippen molar-refractivity contribution in [3.05, 3.63) is 63.3 Å². The lowest BCUT2D eigenvalue weighted by atomic mass is 9.81. The fraction of sp³-hybridized carbons (Fsp3) is 0.480. The molecule has 10 heteroatoms. The molecule has 2 aromatic heterocycles. The summed E-state index contributed by atoms with van der Waals surface area (Å²) in [6.45, 7) is 5.00. The smallest absolute Gasteiger partial charge is 0.323 e. The fourth-order valence-electron chi connectivity index (χ4n) is 4.81. The first-order valence-corrected chi connectivity index (χ1v) is 11.6. The number of ether oxygens (including phenoxy) is 1. The second-order valence-electron chi connectivity index (χ2n) is 9.21. The van der Waals surface area contributed by atoms with Crippen molar-refractivity contribution < 1.29 is 19.7 Å². The largest absolute Gasteiger partial charge is 0.480 e. The molecule has 9 nitrogen and oxygen atoms in total. The molecule has 190 valence electrons. The van der Waals surface area contributed by atoms with Gasteiger partial charge >= 0.3 is 5.97 Å². The van der Waals surface area contributed by atoms with E-state index in [4.69, 9.17) is 9.72 Å². The lowest BCUT2D eigenvalue weighted by Gasteiger charge is -2.29. The summed E-state index contributed by atoms with van der Waals surface area (Å²) in [7, 11) is 1.77. The zero-order chi connectivity index (χ0) is 24.4. The van der Waals surface area contributed by atoms with Crippen molar-refractivity contribution in [3.8, 4) is 0 Å². The molecule has 1 fully saturated rings. The number of aliphatic hydroxyl groups is 1. The molecule has 1 unspecified atom stereocenters. The maximum absolute atomic E-state index is 12.3. The average Bonchev–Trinajstić information content (AvgIpc) is 3.20. The minimum atomic E-state index is -1.09. The van der Waals surface area contributed by atoms with Crippen LogP contribution in [0.4, 0.5) is 0 Å². The van der Waals surface area contributed by atoms with Gasteiger partial charge < -0.3 is 24.5 Å². The molecule has 3 atom stereocenters. The molecule has 3 aromatic rings. The Morgan fingerprint density at radius 3 is 2.66 bits per heavy atom. The van der Waals surface area contributed by atoms with E-state index in [9.17, 15) is 19.8 Å². The average molecular weight is 505 g/mol. The number of aromatic nitrogens is 3. The van der Waals surface area contributed by atoms with Gasteiger partial charge in [-0.3, -0.25) is 14.9 Å². The van der Waals surface area contributed by atoms with Crippen LogP contribution in [0, 0.1) is 12.8 Å². The second-order valence-corrected chi connectivity index (χ2v) is 9.21. The van der Waals surface area contributed by atoms with Gasteiger partial charge in [0, 0.05) is 44.5 Å². The summed E-state index contributed by atoms with van der Waals surface area (Å²) in [4.78, 5) is 32.0. The molecule has 0 saturated carbocycles. The van der Waals surface area contributed by atoms with Crippen LogP contribution in [0.5, 0.6) is 0 Å². The first-order valence-electron chi connectivity index (χ1n) is 11.6. The number of rotatable bonds is 8. The van der Waals surface area contributed by atoms with Gasteiger partial charge in [-0.25, -0.2) is 4.98 Å². The number of fused-ring (bicyclic) bond motifs is 1. The first kappa shape index (κ1) is 26.9. The molecule has 0 spiro atoms. The van der Waals surface area contributed by atoms with Gasteiger partial charge in [0.05, 0.1) is 17.1 Å². The summed E-state index contributed by atoms with van der Waals surface area (Å²) in [5.41, 5.74) is 4.31. The molecule has 1 aromatic carbocycles. The Labute approximate surface area is 209 Å². The summed E-state index contributed by atoms with van der Waals surface area (Å²) < 4.78 is 7.22. The van der Waals surface area contributed by atoms with Crippen LogP contribution < -0.4 is 10.9 Å². The topological polar surface area (TPSA) is 129 Å². The highest BCUT2D eigenvalue weighted by Crippen LogP contribution is 2.37. The number of aliphatic carboxylic acids is 1. The number of carboxylic acid groups (broad SMARTS) is 1. The van der Waals surface area contributed by atoms with Crippen LogP contribution in [-0.4, -0.2) is 56.1 Å². The third kappa shape index (κ3) is 5.92. The Balaban J connectivity index is 0.00000342. The van der Waals surface area contributed by atoms with Gasteiger partial charge in [-0.2, -0.15) is 0 Å². The number of benzene rings is 1. The van der Waals surface area contributed by atoms with Crippen LogP contribution in [0.3, 0.4) is 0 Å². The lowest BCUT2D eigenvalue weighted by Crippen LogP contribution is -2.44. The summed E-state index contributed by atoms with van der Waals surface area (Å²) in [5, 5.41) is 21.9. The minimum absolute atomic E-state index is 0. The number of aryl methyl sites for hydroxylation is 2. The predicted molar refractivity (Wildman–Crippen MR) is 135 cm³/mol. The Morgan fingerprint density at radius 2 is 2.03 bits per heavy atom. The number of halogens is 1. The van der Waals surface area contributed by atoms with Gasteiger partial charge in [-0.1, -0.05) is 6.07 Å². The molecule has 0 aliphatic carbocycles. The Hall–Kier alpha value is -2.72. The van der Waals surface area contributed by atoms with Crippen LogP contribution in [0.1, 0.15) is 48.2 Å². The molecule has 35 heavy (non-hydrogen) atoms. The van der Waals surface area contributed by atoms with E-state index in [-0.39, 0.29) is 23.9 Å². The number of aromatic amines is 1. The number of hydrogen-bond acceptors (Lipinski definition) is 6. The molecule has 0 bridgehead atoms. The van der Waals surface area contributed by atoms with Gasteiger partial charge in [0.1, 0.15) is 11.9 Å². The zero-order valence-corrected chi connectivity index (χ0v) is 21.0. The number of pyridine rings is 1. The van der Waals surface area contributed by atoms with E-state index in [1.54, 1.807) is 11.6 Å². The van der Waals surface area contributed by atoms with E-state index in [0.717, 1.165) is 40.8 Å². The number of aliphatic hydroxyl groups excluding tert-OH is 1. The first-order chi connectivity index (χ1) is 16.2. The van der Waals surface area contributed by atoms with Crippen molar-refractivity contribution in [2.24, 2.45) is 13.0 Å². The summed E-state index contributed by atoms with van der Waals surface area (Å²) in [6.07, 6.45) is 2.72. The molecular formula is C25H33ClN4O5. The normalized spacial score (nSPS) is 17.0. The van der Waals surface area contributed by atoms with Crippen molar-refractivity contribution in [2.45, 2.75) is 51.3 Å². The minimum Gasteiger partial charge on any atom is -0.480 e. The van der Waals surface area contributed by atoms with E-state index in [2.05, 4.69) is 10.3 Å². The molecular weight excluding hydrogens is 472 g/mol. The van der Waals surface area contributed by atoms with E-state index < -0.39 is 18.1 Å². The number of H-pyrrole nitrogens is 1. The summed E-state index contributed by atoms with van der Waals surface area (Å²) in [5.74, 6) is 0.0777. The number of hydrogen-bond donors (Lipinski definition) is 4. The monoisotopic (exact) mass is 504 g/mol. The lowest BCUT2D eigenvalue weighted by molar-refractivity contribution is -0.142. The maximum atomic E-state index is 12.3. The third-order valence-corrected chi connectivity index (χ3v) is 6.61. The number of carbonyl (C=O) groups is 1. The molecule has 0 amide bonds. The number of imidazole rings is 1. The van der Waals surface area contributed by atoms with Crippen LogP contribution in [0.15, 0.2) is 35.3 Å². The molecule has 4 rings (SSSR count). The van der Waals surface area contributed by atoms with Crippen LogP contribution >= 0.6 is 12.4 Å². The number of nitrogens with zero attached hydrogens (tertiary/aromatic N) is 2.